The number of amides is 3. The van der Waals surface area contributed by atoms with Crippen molar-refractivity contribution in [2.45, 2.75) is 30.0 Å². The van der Waals surface area contributed by atoms with E-state index < -0.39 is 10.6 Å². The summed E-state index contributed by atoms with van der Waals surface area (Å²) in [6.07, 6.45) is 0.842. The number of benzene rings is 3. The average Bonchev–Trinajstić information content (AvgIpc) is 3.28. The first-order valence-electron chi connectivity index (χ1n) is 14.0. The van der Waals surface area contributed by atoms with Crippen molar-refractivity contribution in [2.24, 2.45) is 0 Å². The maximum Gasteiger partial charge on any atom is 0.239 e. The number of thioether (sulfide) groups is 1. The summed E-state index contributed by atoms with van der Waals surface area (Å²) in [5, 5.41) is 7.59. The van der Waals surface area contributed by atoms with E-state index in [1.165, 1.54) is 11.8 Å². The second-order valence-corrected chi connectivity index (χ2v) is 11.9. The largest absolute Gasteiger partial charge is 0.379 e. The van der Waals surface area contributed by atoms with Crippen LogP contribution in [0.15, 0.2) is 66.7 Å². The summed E-state index contributed by atoms with van der Waals surface area (Å²) < 4.78 is 5.38. The van der Waals surface area contributed by atoms with Crippen LogP contribution < -0.4 is 10.6 Å². The number of hydrogen-bond acceptors (Lipinski definition) is 6. The molecule has 3 aromatic carbocycles. The lowest BCUT2D eigenvalue weighted by Crippen LogP contribution is -2.42. The number of carbonyl (C=O) groups excluding carboxylic acids is 3. The number of fused-ring (bicyclic) bond motifs is 1. The molecule has 2 fully saturated rings. The fourth-order valence-electron chi connectivity index (χ4n) is 5.25. The fourth-order valence-corrected chi connectivity index (χ4v) is 7.04. The Hall–Kier alpha value is -3.11. The van der Waals surface area contributed by atoms with Gasteiger partial charge in [-0.2, -0.15) is 0 Å². The predicted octanol–water partition coefficient (Wildman–Crippen LogP) is 3.98. The molecule has 0 bridgehead atoms. The van der Waals surface area contributed by atoms with E-state index in [0.717, 1.165) is 61.2 Å². The van der Waals surface area contributed by atoms with E-state index >= 15 is 0 Å². The quantitative estimate of drug-likeness (QED) is 0.326. The minimum atomic E-state index is -0.613. The van der Waals surface area contributed by atoms with Crippen molar-refractivity contribution in [1.29, 1.82) is 0 Å². The zero-order valence-electron chi connectivity index (χ0n) is 22.9. The van der Waals surface area contributed by atoms with Gasteiger partial charge < -0.3 is 20.3 Å². The molecular formula is C31H35ClN4O4S. The number of carbonyl (C=O) groups is 3. The van der Waals surface area contributed by atoms with Crippen LogP contribution in [-0.4, -0.2) is 78.7 Å². The van der Waals surface area contributed by atoms with E-state index in [4.69, 9.17) is 16.3 Å². The van der Waals surface area contributed by atoms with Gasteiger partial charge in [-0.1, -0.05) is 72.3 Å². The molecule has 8 nitrogen and oxygen atoms in total. The topological polar surface area (TPSA) is 91.0 Å². The Balaban J connectivity index is 1.19. The van der Waals surface area contributed by atoms with Gasteiger partial charge in [-0.3, -0.25) is 19.3 Å². The molecule has 0 saturated carbocycles. The van der Waals surface area contributed by atoms with Crippen LogP contribution in [-0.2, 0) is 25.7 Å². The molecule has 0 spiro atoms. The Morgan fingerprint density at radius 3 is 2.54 bits per heavy atom. The van der Waals surface area contributed by atoms with Gasteiger partial charge in [0.2, 0.25) is 17.7 Å². The van der Waals surface area contributed by atoms with Crippen molar-refractivity contribution in [1.82, 2.24) is 20.4 Å². The Morgan fingerprint density at radius 2 is 1.71 bits per heavy atom. The second-order valence-electron chi connectivity index (χ2n) is 10.2. The zero-order valence-corrected chi connectivity index (χ0v) is 24.5. The summed E-state index contributed by atoms with van der Waals surface area (Å²) in [7, 11) is 0. The van der Waals surface area contributed by atoms with Crippen LogP contribution in [0.5, 0.6) is 0 Å². The van der Waals surface area contributed by atoms with Crippen molar-refractivity contribution >= 4 is 51.9 Å². The van der Waals surface area contributed by atoms with Gasteiger partial charge in [0.25, 0.3) is 0 Å². The molecular weight excluding hydrogens is 560 g/mol. The van der Waals surface area contributed by atoms with Gasteiger partial charge >= 0.3 is 0 Å². The van der Waals surface area contributed by atoms with Crippen LogP contribution in [0.25, 0.3) is 10.8 Å². The summed E-state index contributed by atoms with van der Waals surface area (Å²) in [4.78, 5) is 43.3. The van der Waals surface area contributed by atoms with Gasteiger partial charge in [0.1, 0.15) is 11.9 Å². The average molecular weight is 595 g/mol. The first-order chi connectivity index (χ1) is 20.0. The first kappa shape index (κ1) is 29.4. The number of halogens is 1. The van der Waals surface area contributed by atoms with Crippen LogP contribution in [0.3, 0.4) is 0 Å². The summed E-state index contributed by atoms with van der Waals surface area (Å²) in [5.74, 6) is -0.668. The summed E-state index contributed by atoms with van der Waals surface area (Å²) in [6.45, 7) is 5.00. The van der Waals surface area contributed by atoms with Crippen LogP contribution in [0.2, 0.25) is 5.02 Å². The van der Waals surface area contributed by atoms with Gasteiger partial charge in [-0.15, -0.1) is 11.8 Å². The molecule has 0 unspecified atom stereocenters. The number of ether oxygens (including phenoxy) is 1. The lowest BCUT2D eigenvalue weighted by molar-refractivity contribution is -0.136. The predicted molar refractivity (Wildman–Crippen MR) is 163 cm³/mol. The fraction of sp³-hybridized carbons (Fsp3) is 0.387. The highest BCUT2D eigenvalue weighted by molar-refractivity contribution is 8.01. The highest BCUT2D eigenvalue weighted by Crippen LogP contribution is 2.46. The number of nitrogens with zero attached hydrogens (tertiary/aromatic N) is 2. The third-order valence-corrected chi connectivity index (χ3v) is 9.23. The minimum Gasteiger partial charge on any atom is -0.379 e. The zero-order chi connectivity index (χ0) is 28.6. The molecule has 2 heterocycles. The maximum atomic E-state index is 13.5. The Bertz CT molecular complexity index is 1380. The highest BCUT2D eigenvalue weighted by atomic mass is 35.5. The molecule has 2 aliphatic rings. The SMILES string of the molecule is O=C(C[C@H]1S[C@H](c2ccccc2Cl)N(CC(=O)NCCCN2CCOCC2)C1=O)NCc1cccc2ccccc12. The summed E-state index contributed by atoms with van der Waals surface area (Å²) in [6, 6.07) is 21.4. The molecule has 5 rings (SSSR count). The van der Waals surface area contributed by atoms with E-state index in [-0.39, 0.29) is 30.7 Å². The van der Waals surface area contributed by atoms with Crippen molar-refractivity contribution in [3.8, 4) is 0 Å². The summed E-state index contributed by atoms with van der Waals surface area (Å²) in [5.41, 5.74) is 1.77. The van der Waals surface area contributed by atoms with Crippen LogP contribution in [0, 0.1) is 0 Å². The van der Waals surface area contributed by atoms with Gasteiger partial charge in [0, 0.05) is 43.2 Å². The molecule has 41 heavy (non-hydrogen) atoms. The van der Waals surface area contributed by atoms with Gasteiger partial charge in [0.05, 0.1) is 18.5 Å². The number of nitrogens with one attached hydrogen (secondary N) is 2. The Morgan fingerprint density at radius 1 is 0.951 bits per heavy atom. The number of hydrogen-bond donors (Lipinski definition) is 2. The lowest BCUT2D eigenvalue weighted by atomic mass is 10.0. The Labute approximate surface area is 249 Å². The van der Waals surface area contributed by atoms with Crippen molar-refractivity contribution < 1.29 is 19.1 Å². The third-order valence-electron chi connectivity index (χ3n) is 7.42. The molecule has 0 aliphatic carbocycles. The molecule has 216 valence electrons. The monoisotopic (exact) mass is 594 g/mol. The van der Waals surface area contributed by atoms with Crippen LogP contribution >= 0.6 is 23.4 Å². The van der Waals surface area contributed by atoms with Gasteiger partial charge in [-0.05, 0) is 35.4 Å². The molecule has 0 aromatic heterocycles. The van der Waals surface area contributed by atoms with Gasteiger partial charge in [-0.25, -0.2) is 0 Å². The highest BCUT2D eigenvalue weighted by Gasteiger charge is 2.43. The molecule has 0 radical (unpaired) electrons. The van der Waals surface area contributed by atoms with E-state index in [1.807, 2.05) is 60.7 Å². The Kier molecular flexibility index (Phi) is 10.2. The number of morpholine rings is 1. The second kappa shape index (κ2) is 14.2. The summed E-state index contributed by atoms with van der Waals surface area (Å²) >= 11 is 7.87. The van der Waals surface area contributed by atoms with Crippen LogP contribution in [0.4, 0.5) is 0 Å². The smallest absolute Gasteiger partial charge is 0.239 e. The van der Waals surface area contributed by atoms with E-state index in [9.17, 15) is 14.4 Å². The molecule has 2 atom stereocenters. The standard InChI is InChI=1S/C31H35ClN4O4S/c32-26-12-4-3-11-25(26)31-36(21-29(38)33-13-6-14-35-15-17-40-18-16-35)30(39)27(41-31)19-28(37)34-20-23-9-5-8-22-7-1-2-10-24(22)23/h1-5,7-12,27,31H,6,13-21H2,(H,33,38)(H,34,37)/t27-,31-/m1/s1. The molecule has 2 N–H and O–H groups in total. The molecule has 2 saturated heterocycles. The molecule has 3 amide bonds. The molecule has 10 heteroatoms. The van der Waals surface area contributed by atoms with Crippen molar-refractivity contribution in [3.05, 3.63) is 82.9 Å². The minimum absolute atomic E-state index is 0.0207. The molecule has 3 aromatic rings. The lowest BCUT2D eigenvalue weighted by Gasteiger charge is -2.26. The first-order valence-corrected chi connectivity index (χ1v) is 15.3. The van der Waals surface area contributed by atoms with Gasteiger partial charge in [0.15, 0.2) is 0 Å². The van der Waals surface area contributed by atoms with Crippen molar-refractivity contribution in [2.75, 3.05) is 45.9 Å². The number of rotatable bonds is 11. The molecule has 2 aliphatic heterocycles. The van der Waals surface area contributed by atoms with E-state index in [2.05, 4.69) is 15.5 Å². The van der Waals surface area contributed by atoms with E-state index in [1.54, 1.807) is 11.0 Å². The normalized spacial score (nSPS) is 19.4. The van der Waals surface area contributed by atoms with E-state index in [0.29, 0.717) is 18.1 Å². The maximum absolute atomic E-state index is 13.5. The third kappa shape index (κ3) is 7.60. The van der Waals surface area contributed by atoms with Crippen LogP contribution in [0.1, 0.15) is 29.3 Å². The van der Waals surface area contributed by atoms with Crippen molar-refractivity contribution in [3.63, 3.8) is 0 Å².